The van der Waals surface area contributed by atoms with Gasteiger partial charge in [-0.25, -0.2) is 4.79 Å². The number of nitrogens with zero attached hydrogens (tertiary/aromatic N) is 2. The molecule has 1 aromatic heterocycles. The van der Waals surface area contributed by atoms with Crippen molar-refractivity contribution in [1.29, 1.82) is 0 Å². The zero-order valence-corrected chi connectivity index (χ0v) is 23.0. The van der Waals surface area contributed by atoms with E-state index in [-0.39, 0.29) is 5.82 Å². The zero-order chi connectivity index (χ0) is 29.2. The molecular formula is C31H33N3O7. The van der Waals surface area contributed by atoms with Gasteiger partial charge in [-0.1, -0.05) is 54.6 Å². The summed E-state index contributed by atoms with van der Waals surface area (Å²) in [5.41, 5.74) is -0.935. The number of aliphatic hydroxyl groups is 3. The Morgan fingerprint density at radius 2 is 1.46 bits per heavy atom. The number of hydrogen-bond donors (Lipinski definition) is 4. The number of aromatic nitrogens is 2. The van der Waals surface area contributed by atoms with Crippen LogP contribution in [0.3, 0.4) is 0 Å². The van der Waals surface area contributed by atoms with Crippen molar-refractivity contribution < 1.29 is 29.5 Å². The maximum Gasteiger partial charge on any atom is 0.351 e. The molecule has 10 nitrogen and oxygen atoms in total. The van der Waals surface area contributed by atoms with Gasteiger partial charge in [-0.15, -0.1) is 0 Å². The molecule has 0 bridgehead atoms. The van der Waals surface area contributed by atoms with E-state index in [1.165, 1.54) is 13.1 Å². The van der Waals surface area contributed by atoms with E-state index >= 15 is 0 Å². The van der Waals surface area contributed by atoms with Crippen molar-refractivity contribution in [3.8, 4) is 11.5 Å². The Hall–Kier alpha value is -4.22. The molecule has 0 spiro atoms. The largest absolute Gasteiger partial charge is 0.497 e. The standard InChI is InChI=1S/C31H33N3O7/c1-30(38)27(36)25(19-35)41-28(30)34-18-17-26(32-29(34)37)33-31(20-7-5-4-6-8-20,21-9-13-23(39-2)14-10-21)22-11-15-24(40-3)16-12-22/h4-18,25,27-28,35-36,38H,19H2,1-3H3,(H,32,33,37)/t25-,27?,28+,30+/m1/s1. The molecule has 5 rings (SSSR count). The molecule has 1 saturated heterocycles. The van der Waals surface area contributed by atoms with Gasteiger partial charge in [0.1, 0.15) is 40.7 Å². The second-order valence-corrected chi connectivity index (χ2v) is 10.1. The van der Waals surface area contributed by atoms with E-state index in [2.05, 4.69) is 10.3 Å². The number of anilines is 1. The highest BCUT2D eigenvalue weighted by Crippen LogP contribution is 2.41. The van der Waals surface area contributed by atoms with E-state index in [1.807, 2.05) is 78.9 Å². The van der Waals surface area contributed by atoms with E-state index in [1.54, 1.807) is 20.3 Å². The van der Waals surface area contributed by atoms with Crippen molar-refractivity contribution in [2.24, 2.45) is 0 Å². The lowest BCUT2D eigenvalue weighted by Gasteiger charge is -2.37. The van der Waals surface area contributed by atoms with Gasteiger partial charge in [-0.3, -0.25) is 4.57 Å². The Morgan fingerprint density at radius 3 is 1.93 bits per heavy atom. The van der Waals surface area contributed by atoms with Crippen molar-refractivity contribution in [1.82, 2.24) is 9.55 Å². The van der Waals surface area contributed by atoms with Crippen LogP contribution >= 0.6 is 0 Å². The van der Waals surface area contributed by atoms with Crippen molar-refractivity contribution in [3.63, 3.8) is 0 Å². The van der Waals surface area contributed by atoms with E-state index in [4.69, 9.17) is 14.2 Å². The lowest BCUT2D eigenvalue weighted by Crippen LogP contribution is -2.46. The molecule has 1 unspecified atom stereocenters. The van der Waals surface area contributed by atoms with Crippen LogP contribution in [0.15, 0.2) is 95.9 Å². The molecule has 4 N–H and O–H groups in total. The third-order valence-corrected chi connectivity index (χ3v) is 7.59. The van der Waals surface area contributed by atoms with Crippen LogP contribution in [-0.4, -0.2) is 63.5 Å². The first kappa shape index (κ1) is 28.3. The maximum absolute atomic E-state index is 13.3. The SMILES string of the molecule is COc1ccc(C(Nc2ccn([C@H]3O[C@H](CO)C(O)[C@]3(C)O)c(=O)n2)(c2ccccc2)c2ccc(OC)cc2)cc1. The minimum Gasteiger partial charge on any atom is -0.497 e. The topological polar surface area (TPSA) is 135 Å². The highest BCUT2D eigenvalue weighted by molar-refractivity contribution is 5.59. The minimum absolute atomic E-state index is 0.263. The number of nitrogens with one attached hydrogen (secondary N) is 1. The number of methoxy groups -OCH3 is 2. The van der Waals surface area contributed by atoms with Crippen LogP contribution < -0.4 is 20.5 Å². The molecule has 41 heavy (non-hydrogen) atoms. The summed E-state index contributed by atoms with van der Waals surface area (Å²) in [6, 6.07) is 26.6. The van der Waals surface area contributed by atoms with Gasteiger partial charge >= 0.3 is 5.69 Å². The first-order chi connectivity index (χ1) is 19.7. The number of rotatable bonds is 9. The normalized spacial score (nSPS) is 22.3. The first-order valence-corrected chi connectivity index (χ1v) is 13.1. The van der Waals surface area contributed by atoms with Crippen molar-refractivity contribution in [2.75, 3.05) is 26.1 Å². The second-order valence-electron chi connectivity index (χ2n) is 10.1. The Labute approximate surface area is 237 Å². The van der Waals surface area contributed by atoms with Gasteiger partial charge in [0.05, 0.1) is 20.8 Å². The molecule has 0 amide bonds. The maximum atomic E-state index is 13.3. The molecule has 4 atom stereocenters. The van der Waals surface area contributed by atoms with Crippen molar-refractivity contribution in [3.05, 3.63) is 118 Å². The molecule has 3 aromatic carbocycles. The van der Waals surface area contributed by atoms with Crippen LogP contribution in [0.25, 0.3) is 0 Å². The van der Waals surface area contributed by atoms with Gasteiger partial charge in [-0.2, -0.15) is 4.98 Å². The van der Waals surface area contributed by atoms with Crippen LogP contribution in [-0.2, 0) is 10.3 Å². The molecule has 0 radical (unpaired) electrons. The average molecular weight is 560 g/mol. The summed E-state index contributed by atoms with van der Waals surface area (Å²) < 4.78 is 17.5. The van der Waals surface area contributed by atoms with E-state index < -0.39 is 41.9 Å². The van der Waals surface area contributed by atoms with Crippen LogP contribution in [0.2, 0.25) is 0 Å². The highest BCUT2D eigenvalue weighted by Gasteiger charge is 2.53. The molecule has 0 aliphatic carbocycles. The van der Waals surface area contributed by atoms with Crippen LogP contribution in [0.1, 0.15) is 29.8 Å². The molecule has 2 heterocycles. The smallest absolute Gasteiger partial charge is 0.351 e. The molecule has 10 heteroatoms. The highest BCUT2D eigenvalue weighted by atomic mass is 16.6. The van der Waals surface area contributed by atoms with Crippen LogP contribution in [0, 0.1) is 0 Å². The lowest BCUT2D eigenvalue weighted by molar-refractivity contribution is -0.0986. The van der Waals surface area contributed by atoms with E-state index in [0.717, 1.165) is 21.3 Å². The van der Waals surface area contributed by atoms with Gasteiger partial charge in [0.15, 0.2) is 6.23 Å². The predicted molar refractivity (Wildman–Crippen MR) is 152 cm³/mol. The molecule has 214 valence electrons. The summed E-state index contributed by atoms with van der Waals surface area (Å²) in [5.74, 6) is 1.65. The molecule has 1 aliphatic rings. The molecule has 4 aromatic rings. The monoisotopic (exact) mass is 559 g/mol. The van der Waals surface area contributed by atoms with Crippen molar-refractivity contribution in [2.45, 2.75) is 36.5 Å². The Balaban J connectivity index is 1.64. The van der Waals surface area contributed by atoms with Crippen LogP contribution in [0.4, 0.5) is 5.82 Å². The Morgan fingerprint density at radius 1 is 0.927 bits per heavy atom. The van der Waals surface area contributed by atoms with Gasteiger partial charge in [-0.05, 0) is 53.9 Å². The van der Waals surface area contributed by atoms with E-state index in [9.17, 15) is 20.1 Å². The fourth-order valence-corrected chi connectivity index (χ4v) is 5.33. The third kappa shape index (κ3) is 5.07. The Kier molecular flexibility index (Phi) is 7.83. The first-order valence-electron chi connectivity index (χ1n) is 13.1. The van der Waals surface area contributed by atoms with Gasteiger partial charge in [0.2, 0.25) is 0 Å². The summed E-state index contributed by atoms with van der Waals surface area (Å²) in [6.07, 6.45) is -2.24. The fourth-order valence-electron chi connectivity index (χ4n) is 5.33. The number of benzene rings is 3. The number of ether oxygens (including phenoxy) is 3. The third-order valence-electron chi connectivity index (χ3n) is 7.59. The summed E-state index contributed by atoms with van der Waals surface area (Å²) >= 11 is 0. The van der Waals surface area contributed by atoms with Crippen molar-refractivity contribution >= 4 is 5.82 Å². The summed E-state index contributed by atoms with van der Waals surface area (Å²) in [7, 11) is 3.21. The number of hydrogen-bond acceptors (Lipinski definition) is 9. The minimum atomic E-state index is -1.83. The van der Waals surface area contributed by atoms with Crippen LogP contribution in [0.5, 0.6) is 11.5 Å². The Bertz CT molecular complexity index is 1470. The van der Waals surface area contributed by atoms with Gasteiger partial charge in [0, 0.05) is 6.20 Å². The second kappa shape index (κ2) is 11.3. The zero-order valence-electron chi connectivity index (χ0n) is 23.0. The predicted octanol–water partition coefficient (Wildman–Crippen LogP) is 2.67. The molecular weight excluding hydrogens is 526 g/mol. The van der Waals surface area contributed by atoms with E-state index in [0.29, 0.717) is 11.5 Å². The van der Waals surface area contributed by atoms with Gasteiger partial charge in [0.25, 0.3) is 0 Å². The molecule has 0 saturated carbocycles. The average Bonchev–Trinajstić information content (AvgIpc) is 3.24. The fraction of sp³-hybridized carbons (Fsp3) is 0.290. The summed E-state index contributed by atoms with van der Waals surface area (Å²) in [6.45, 7) is 0.837. The molecule has 1 fully saturated rings. The quantitative estimate of drug-likeness (QED) is 0.228. The lowest BCUT2D eigenvalue weighted by atomic mass is 9.77. The summed E-state index contributed by atoms with van der Waals surface area (Å²) in [5, 5.41) is 34.3. The van der Waals surface area contributed by atoms with Gasteiger partial charge < -0.3 is 34.8 Å². The molecule has 1 aliphatic heterocycles. The summed E-state index contributed by atoms with van der Waals surface area (Å²) in [4.78, 5) is 17.6. The number of aliphatic hydroxyl groups excluding tert-OH is 2.